The highest BCUT2D eigenvalue weighted by Gasteiger charge is 2.08. The third kappa shape index (κ3) is 4.42. The molecule has 0 aliphatic rings. The molecule has 30 heavy (non-hydrogen) atoms. The fraction of sp³-hybridized carbons (Fsp3) is 0.107. The van der Waals surface area contributed by atoms with Crippen LogP contribution in [0, 0.1) is 11.8 Å². The van der Waals surface area contributed by atoms with Gasteiger partial charge in [-0.2, -0.15) is 0 Å². The van der Waals surface area contributed by atoms with E-state index >= 15 is 0 Å². The van der Waals surface area contributed by atoms with E-state index in [1.807, 2.05) is 72.8 Å². The van der Waals surface area contributed by atoms with Gasteiger partial charge in [0.15, 0.2) is 5.78 Å². The highest BCUT2D eigenvalue weighted by Crippen LogP contribution is 2.31. The van der Waals surface area contributed by atoms with Crippen molar-refractivity contribution in [2.24, 2.45) is 0 Å². The molecule has 4 aromatic rings. The molecule has 0 heterocycles. The first-order chi connectivity index (χ1) is 14.6. The summed E-state index contributed by atoms with van der Waals surface area (Å²) in [7, 11) is 0. The Morgan fingerprint density at radius 3 is 2.33 bits per heavy atom. The Morgan fingerprint density at radius 1 is 0.867 bits per heavy atom. The number of rotatable bonds is 4. The molecule has 0 aliphatic heterocycles. The lowest BCUT2D eigenvalue weighted by Gasteiger charge is -2.09. The third-order valence-electron chi connectivity index (χ3n) is 5.20. The molecule has 0 aliphatic carbocycles. The number of benzene rings is 4. The number of phenolic OH excluding ortho intramolecular Hbond substituents is 1. The average molecular weight is 390 g/mol. The maximum absolute atomic E-state index is 11.5. The van der Waals surface area contributed by atoms with Gasteiger partial charge in [-0.05, 0) is 41.1 Å². The fourth-order valence-electron chi connectivity index (χ4n) is 3.49. The van der Waals surface area contributed by atoms with Gasteiger partial charge in [-0.25, -0.2) is 0 Å². The zero-order chi connectivity index (χ0) is 20.9. The monoisotopic (exact) mass is 390 g/mol. The summed E-state index contributed by atoms with van der Waals surface area (Å²) in [6.07, 6.45) is 1.30. The highest BCUT2D eigenvalue weighted by atomic mass is 16.3. The molecule has 0 saturated heterocycles. The van der Waals surface area contributed by atoms with E-state index in [0.29, 0.717) is 18.4 Å². The van der Waals surface area contributed by atoms with Crippen LogP contribution >= 0.6 is 0 Å². The lowest BCUT2D eigenvalue weighted by molar-refractivity contribution is 0.101. The predicted molar refractivity (Wildman–Crippen MR) is 122 cm³/mol. The number of aromatic hydroxyl groups is 1. The molecule has 2 heteroatoms. The Labute approximate surface area is 176 Å². The lowest BCUT2D eigenvalue weighted by atomic mass is 9.97. The van der Waals surface area contributed by atoms with Gasteiger partial charge in [-0.15, -0.1) is 0 Å². The minimum Gasteiger partial charge on any atom is -0.507 e. The van der Waals surface area contributed by atoms with Gasteiger partial charge in [-0.1, -0.05) is 84.6 Å². The molecule has 4 rings (SSSR count). The van der Waals surface area contributed by atoms with E-state index in [9.17, 15) is 9.90 Å². The smallest absolute Gasteiger partial charge is 0.159 e. The van der Waals surface area contributed by atoms with Crippen LogP contribution in [0.5, 0.6) is 5.75 Å². The first-order valence-corrected chi connectivity index (χ1v) is 9.97. The summed E-state index contributed by atoms with van der Waals surface area (Å²) in [6.45, 7) is 1.56. The Hall–Kier alpha value is -3.83. The lowest BCUT2D eigenvalue weighted by Crippen LogP contribution is -1.94. The second-order valence-corrected chi connectivity index (χ2v) is 7.40. The van der Waals surface area contributed by atoms with Crippen LogP contribution in [0.2, 0.25) is 0 Å². The summed E-state index contributed by atoms with van der Waals surface area (Å²) in [5, 5.41) is 12.7. The summed E-state index contributed by atoms with van der Waals surface area (Å²) in [5.41, 5.74) is 4.67. The number of carbonyl (C=O) groups excluding carboxylic acids is 1. The molecule has 0 fully saturated rings. The van der Waals surface area contributed by atoms with Crippen LogP contribution in [0.3, 0.4) is 0 Å². The van der Waals surface area contributed by atoms with Gasteiger partial charge < -0.3 is 5.11 Å². The highest BCUT2D eigenvalue weighted by molar-refractivity contribution is 5.94. The van der Waals surface area contributed by atoms with Crippen LogP contribution < -0.4 is 0 Å². The quantitative estimate of drug-likeness (QED) is 0.346. The van der Waals surface area contributed by atoms with Gasteiger partial charge >= 0.3 is 0 Å². The topological polar surface area (TPSA) is 37.3 Å². The van der Waals surface area contributed by atoms with Gasteiger partial charge in [0.05, 0.1) is 0 Å². The van der Waals surface area contributed by atoms with Crippen LogP contribution in [0.25, 0.3) is 10.8 Å². The molecule has 0 unspecified atom stereocenters. The maximum atomic E-state index is 11.5. The summed E-state index contributed by atoms with van der Waals surface area (Å²) >= 11 is 0. The molecule has 4 aromatic carbocycles. The minimum atomic E-state index is 0.0519. The number of phenols is 1. The van der Waals surface area contributed by atoms with Crippen molar-refractivity contribution in [1.29, 1.82) is 0 Å². The molecule has 0 bridgehead atoms. The zero-order valence-corrected chi connectivity index (χ0v) is 16.9. The van der Waals surface area contributed by atoms with E-state index in [0.717, 1.165) is 27.5 Å². The summed E-state index contributed by atoms with van der Waals surface area (Å²) in [5.74, 6) is 6.76. The van der Waals surface area contributed by atoms with E-state index in [-0.39, 0.29) is 11.5 Å². The number of hydrogen-bond acceptors (Lipinski definition) is 2. The van der Waals surface area contributed by atoms with Crippen LogP contribution in [0.4, 0.5) is 0 Å². The van der Waals surface area contributed by atoms with Crippen LogP contribution in [0.15, 0.2) is 84.9 Å². The maximum Gasteiger partial charge on any atom is 0.159 e. The second kappa shape index (κ2) is 8.68. The Balaban J connectivity index is 1.59. The second-order valence-electron chi connectivity index (χ2n) is 7.40. The van der Waals surface area contributed by atoms with Gasteiger partial charge in [0.2, 0.25) is 0 Å². The summed E-state index contributed by atoms with van der Waals surface area (Å²) in [6, 6.07) is 27.6. The van der Waals surface area contributed by atoms with Crippen LogP contribution in [-0.4, -0.2) is 10.9 Å². The van der Waals surface area contributed by atoms with Crippen molar-refractivity contribution < 1.29 is 9.90 Å². The first-order valence-electron chi connectivity index (χ1n) is 9.97. The normalized spacial score (nSPS) is 10.4. The third-order valence-corrected chi connectivity index (χ3v) is 5.20. The van der Waals surface area contributed by atoms with E-state index in [1.54, 1.807) is 6.92 Å². The number of ketones is 1. The summed E-state index contributed by atoms with van der Waals surface area (Å²) < 4.78 is 0. The van der Waals surface area contributed by atoms with E-state index in [2.05, 4.69) is 24.0 Å². The minimum absolute atomic E-state index is 0.0519. The fourth-order valence-corrected chi connectivity index (χ4v) is 3.49. The average Bonchev–Trinajstić information content (AvgIpc) is 2.77. The Morgan fingerprint density at radius 2 is 1.60 bits per heavy atom. The standard InChI is InChI=1S/C28H22O2/c1-20(29)24-13-10-23(11-14-24)18-26-17-16-25-15-12-22(19-27(25)28(26)30)9-5-8-21-6-3-2-4-7-21/h2-4,6-7,10-17,19,30H,8,18H2,1H3. The van der Waals surface area contributed by atoms with Crippen molar-refractivity contribution in [2.75, 3.05) is 0 Å². The van der Waals surface area contributed by atoms with Crippen molar-refractivity contribution in [3.8, 4) is 17.6 Å². The van der Waals surface area contributed by atoms with Gasteiger partial charge in [0.25, 0.3) is 0 Å². The SMILES string of the molecule is CC(=O)c1ccc(Cc2ccc3ccc(C#CCc4ccccc4)cc3c2O)cc1. The van der Waals surface area contributed by atoms with Gasteiger partial charge in [0, 0.05) is 29.4 Å². The number of Topliss-reactive ketones (excluding diaryl/α,β-unsaturated/α-hetero) is 1. The Bertz CT molecular complexity index is 1260. The van der Waals surface area contributed by atoms with E-state index < -0.39 is 0 Å². The van der Waals surface area contributed by atoms with Crippen LogP contribution in [0.1, 0.15) is 39.5 Å². The summed E-state index contributed by atoms with van der Waals surface area (Å²) in [4.78, 5) is 11.5. The van der Waals surface area contributed by atoms with Crippen molar-refractivity contribution in [2.45, 2.75) is 19.8 Å². The predicted octanol–water partition coefficient (Wildman–Crippen LogP) is 5.93. The molecule has 0 amide bonds. The molecule has 1 N–H and O–H groups in total. The molecular weight excluding hydrogens is 368 g/mol. The molecule has 0 aromatic heterocycles. The van der Waals surface area contributed by atoms with Crippen molar-refractivity contribution >= 4 is 16.6 Å². The van der Waals surface area contributed by atoms with Crippen molar-refractivity contribution in [3.05, 3.63) is 113 Å². The van der Waals surface area contributed by atoms with E-state index in [4.69, 9.17) is 0 Å². The largest absolute Gasteiger partial charge is 0.507 e. The van der Waals surface area contributed by atoms with Crippen LogP contribution in [-0.2, 0) is 12.8 Å². The molecular formula is C28H22O2. The van der Waals surface area contributed by atoms with Gasteiger partial charge in [-0.3, -0.25) is 4.79 Å². The first kappa shape index (κ1) is 19.5. The van der Waals surface area contributed by atoms with Gasteiger partial charge in [0.1, 0.15) is 5.75 Å². The number of carbonyl (C=O) groups is 1. The zero-order valence-electron chi connectivity index (χ0n) is 16.9. The number of hydrogen-bond donors (Lipinski definition) is 1. The molecule has 0 atom stereocenters. The number of fused-ring (bicyclic) bond motifs is 1. The molecule has 0 saturated carbocycles. The van der Waals surface area contributed by atoms with Crippen molar-refractivity contribution in [1.82, 2.24) is 0 Å². The molecule has 0 spiro atoms. The Kier molecular flexibility index (Phi) is 5.63. The van der Waals surface area contributed by atoms with Crippen molar-refractivity contribution in [3.63, 3.8) is 0 Å². The molecule has 0 radical (unpaired) electrons. The molecule has 146 valence electrons. The molecule has 2 nitrogen and oxygen atoms in total. The van der Waals surface area contributed by atoms with E-state index in [1.165, 1.54) is 5.56 Å².